The zero-order valence-electron chi connectivity index (χ0n) is 25.8. The Morgan fingerprint density at radius 2 is 1.28 bits per heavy atom. The highest BCUT2D eigenvalue weighted by molar-refractivity contribution is 6.23. The van der Waals surface area contributed by atoms with Crippen molar-refractivity contribution in [2.75, 3.05) is 6.61 Å². The number of phenolic OH excluding ortho intramolecular Hbond substituents is 2. The number of carbonyl (C=O) groups is 7. The first kappa shape index (κ1) is 33.5. The van der Waals surface area contributed by atoms with Gasteiger partial charge in [0.15, 0.2) is 36.2 Å². The van der Waals surface area contributed by atoms with E-state index in [1.165, 1.54) is 12.1 Å². The van der Waals surface area contributed by atoms with E-state index < -0.39 is 126 Å². The van der Waals surface area contributed by atoms with Gasteiger partial charge in [-0.1, -0.05) is 24.3 Å². The predicted molar refractivity (Wildman–Crippen MR) is 154 cm³/mol. The van der Waals surface area contributed by atoms with Crippen LogP contribution in [0.15, 0.2) is 24.3 Å². The van der Waals surface area contributed by atoms with Crippen molar-refractivity contribution >= 4 is 52.0 Å². The lowest BCUT2D eigenvalue weighted by Crippen LogP contribution is -2.64. The molecule has 8 atom stereocenters. The fourth-order valence-electron chi connectivity index (χ4n) is 6.51. The zero-order chi connectivity index (χ0) is 34.3. The number of fused-ring (bicyclic) bond motifs is 3. The van der Waals surface area contributed by atoms with Crippen LogP contribution in [0.2, 0.25) is 0 Å². The summed E-state index contributed by atoms with van der Waals surface area (Å²) >= 11 is 0. The van der Waals surface area contributed by atoms with Crippen molar-refractivity contribution in [3.63, 3.8) is 0 Å². The van der Waals surface area contributed by atoms with Gasteiger partial charge in [-0.15, -0.1) is 0 Å². The topological polar surface area (TPSA) is 215 Å². The van der Waals surface area contributed by atoms with Gasteiger partial charge < -0.3 is 38.6 Å². The van der Waals surface area contributed by atoms with Crippen LogP contribution in [0.1, 0.15) is 61.3 Å². The molecule has 2 aromatic rings. The molecule has 1 aliphatic heterocycles. The average Bonchev–Trinajstić information content (AvgIpc) is 2.98. The van der Waals surface area contributed by atoms with Crippen molar-refractivity contribution in [2.24, 2.45) is 11.8 Å². The number of hydrogen-bond donors (Lipinski definition) is 2. The van der Waals surface area contributed by atoms with Crippen LogP contribution in [-0.4, -0.2) is 94.9 Å². The van der Waals surface area contributed by atoms with E-state index in [-0.39, 0.29) is 17.2 Å². The standard InChI is InChI=1S/C32H32O15/c1-12(33)42-11-21-29(43-13(2)34)30(44-14(3)35)31(45-15(4)36)32(47-21)46-20-10-16(37)9-19-22(20)28(41)24-23(27(19)40)25(38)17-7-5-6-8-18(17)26(24)39/h5-8,19-22,29-32,38-39H,9-11H2,1-4H3/t19-,20+,21-,22-,29-,30+,31-,32-/m1/s1. The summed E-state index contributed by atoms with van der Waals surface area (Å²) < 4.78 is 33.4. The Morgan fingerprint density at radius 3 is 1.83 bits per heavy atom. The van der Waals surface area contributed by atoms with Gasteiger partial charge in [-0.25, -0.2) is 0 Å². The second-order valence-corrected chi connectivity index (χ2v) is 11.5. The Morgan fingerprint density at radius 1 is 0.745 bits per heavy atom. The molecule has 15 heteroatoms. The van der Waals surface area contributed by atoms with Crippen LogP contribution in [-0.2, 0) is 52.4 Å². The number of carbonyl (C=O) groups excluding carboxylic acids is 7. The molecular weight excluding hydrogens is 624 g/mol. The van der Waals surface area contributed by atoms with Crippen LogP contribution in [0.3, 0.4) is 0 Å². The van der Waals surface area contributed by atoms with Gasteiger partial charge >= 0.3 is 23.9 Å². The molecule has 15 nitrogen and oxygen atoms in total. The number of rotatable bonds is 7. The molecule has 1 saturated heterocycles. The van der Waals surface area contributed by atoms with Crippen LogP contribution in [0.25, 0.3) is 10.8 Å². The van der Waals surface area contributed by atoms with Gasteiger partial charge in [0, 0.05) is 57.2 Å². The van der Waals surface area contributed by atoms with Crippen LogP contribution in [0, 0.1) is 11.8 Å². The SMILES string of the molecule is CC(=O)OC[C@H]1O[C@@H](O[C@H]2CC(=O)C[C@H]3C(=O)c4c(c(O)c5ccccc5c4O)C(=O)[C@@H]23)[C@H](OC(C)=O)[C@@H](OC(C)=O)[C@@H]1OC(C)=O. The lowest BCUT2D eigenvalue weighted by Gasteiger charge is -2.46. The molecule has 0 bridgehead atoms. The number of esters is 4. The maximum absolute atomic E-state index is 14.1. The fourth-order valence-corrected chi connectivity index (χ4v) is 6.51. The quantitative estimate of drug-likeness (QED) is 0.246. The van der Waals surface area contributed by atoms with Crippen molar-refractivity contribution < 1.29 is 72.2 Å². The summed E-state index contributed by atoms with van der Waals surface area (Å²) in [4.78, 5) is 89.1. The maximum atomic E-state index is 14.1. The third-order valence-corrected chi connectivity index (χ3v) is 8.26. The van der Waals surface area contributed by atoms with E-state index in [2.05, 4.69) is 0 Å². The highest BCUT2D eigenvalue weighted by Crippen LogP contribution is 2.49. The molecule has 250 valence electrons. The van der Waals surface area contributed by atoms with E-state index >= 15 is 0 Å². The first-order valence-corrected chi connectivity index (χ1v) is 14.7. The van der Waals surface area contributed by atoms with E-state index in [0.717, 1.165) is 27.7 Å². The molecule has 0 aromatic heterocycles. The maximum Gasteiger partial charge on any atom is 0.303 e. The van der Waals surface area contributed by atoms with Crippen molar-refractivity contribution in [2.45, 2.75) is 77.3 Å². The van der Waals surface area contributed by atoms with Crippen molar-refractivity contribution in [3.05, 3.63) is 35.4 Å². The van der Waals surface area contributed by atoms with E-state index in [1.54, 1.807) is 12.1 Å². The highest BCUT2D eigenvalue weighted by Gasteiger charge is 2.57. The summed E-state index contributed by atoms with van der Waals surface area (Å²) in [6.45, 7) is 3.70. The molecule has 47 heavy (non-hydrogen) atoms. The molecule has 2 aromatic carbocycles. The average molecular weight is 657 g/mol. The zero-order valence-corrected chi connectivity index (χ0v) is 25.8. The molecule has 5 rings (SSSR count). The summed E-state index contributed by atoms with van der Waals surface area (Å²) in [6, 6.07) is 6.08. The summed E-state index contributed by atoms with van der Waals surface area (Å²) in [5.41, 5.74) is -0.842. The number of hydrogen-bond acceptors (Lipinski definition) is 15. The minimum atomic E-state index is -1.73. The minimum Gasteiger partial charge on any atom is -0.507 e. The molecule has 2 N–H and O–H groups in total. The van der Waals surface area contributed by atoms with E-state index in [9.17, 15) is 43.8 Å². The van der Waals surface area contributed by atoms with Crippen molar-refractivity contribution in [1.29, 1.82) is 0 Å². The van der Waals surface area contributed by atoms with Crippen molar-refractivity contribution in [1.82, 2.24) is 0 Å². The van der Waals surface area contributed by atoms with E-state index in [4.69, 9.17) is 28.4 Å². The summed E-state index contributed by atoms with van der Waals surface area (Å²) in [7, 11) is 0. The molecule has 3 aliphatic rings. The van der Waals surface area contributed by atoms with Crippen LogP contribution >= 0.6 is 0 Å². The molecular formula is C32H32O15. The van der Waals surface area contributed by atoms with Crippen molar-refractivity contribution in [3.8, 4) is 11.5 Å². The van der Waals surface area contributed by atoms with Crippen LogP contribution in [0.4, 0.5) is 0 Å². The largest absolute Gasteiger partial charge is 0.507 e. The lowest BCUT2D eigenvalue weighted by molar-refractivity contribution is -0.320. The number of ketones is 3. The summed E-state index contributed by atoms with van der Waals surface area (Å²) in [5.74, 6) is -9.08. The molecule has 0 amide bonds. The normalized spacial score (nSPS) is 28.6. The van der Waals surface area contributed by atoms with Gasteiger partial charge in [0.1, 0.15) is 30.0 Å². The van der Waals surface area contributed by atoms with Gasteiger partial charge in [0.05, 0.1) is 23.1 Å². The molecule has 1 saturated carbocycles. The van der Waals surface area contributed by atoms with Gasteiger partial charge in [-0.3, -0.25) is 33.6 Å². The Kier molecular flexibility index (Phi) is 9.32. The van der Waals surface area contributed by atoms with Crippen LogP contribution in [0.5, 0.6) is 11.5 Å². The number of ether oxygens (including phenoxy) is 6. The highest BCUT2D eigenvalue weighted by atomic mass is 16.7. The lowest BCUT2D eigenvalue weighted by atomic mass is 9.65. The summed E-state index contributed by atoms with van der Waals surface area (Å²) in [6.07, 6.45) is -9.98. The van der Waals surface area contributed by atoms with Crippen LogP contribution < -0.4 is 0 Å². The number of phenols is 2. The second kappa shape index (κ2) is 13.1. The number of aromatic hydroxyl groups is 2. The Hall–Kier alpha value is -4.89. The van der Waals surface area contributed by atoms with Gasteiger partial charge in [0.2, 0.25) is 0 Å². The fraction of sp³-hybridized carbons (Fsp3) is 0.469. The number of Topliss-reactive ketones (excluding diaryl/α,β-unsaturated/α-hetero) is 3. The van der Waals surface area contributed by atoms with Gasteiger partial charge in [0.25, 0.3) is 0 Å². The van der Waals surface area contributed by atoms with Gasteiger partial charge in [-0.2, -0.15) is 0 Å². The number of benzene rings is 2. The second-order valence-electron chi connectivity index (χ2n) is 11.5. The Balaban J connectivity index is 1.57. The Bertz CT molecular complexity index is 1680. The molecule has 0 radical (unpaired) electrons. The van der Waals surface area contributed by atoms with Gasteiger partial charge in [-0.05, 0) is 0 Å². The Labute approximate surface area is 267 Å². The van der Waals surface area contributed by atoms with E-state index in [1.807, 2.05) is 0 Å². The third kappa shape index (κ3) is 6.40. The summed E-state index contributed by atoms with van der Waals surface area (Å²) in [5, 5.41) is 22.4. The third-order valence-electron chi connectivity index (χ3n) is 8.26. The molecule has 1 heterocycles. The smallest absolute Gasteiger partial charge is 0.303 e. The molecule has 0 spiro atoms. The molecule has 2 aliphatic carbocycles. The minimum absolute atomic E-state index is 0.118. The monoisotopic (exact) mass is 656 g/mol. The first-order valence-electron chi connectivity index (χ1n) is 14.7. The first-order chi connectivity index (χ1) is 22.2. The molecule has 0 unspecified atom stereocenters. The van der Waals surface area contributed by atoms with E-state index in [0.29, 0.717) is 0 Å². The molecule has 2 fully saturated rings. The predicted octanol–water partition coefficient (Wildman–Crippen LogP) is 1.69.